The molecule has 0 aliphatic carbocycles. The molecule has 0 saturated carbocycles. The number of hydrogen-bond acceptors (Lipinski definition) is 4. The van der Waals surface area contributed by atoms with E-state index in [2.05, 4.69) is 4.72 Å². The van der Waals surface area contributed by atoms with Crippen LogP contribution in [-0.2, 0) is 14.8 Å². The number of ether oxygens (including phenoxy) is 1. The minimum absolute atomic E-state index is 0.0298. The zero-order valence-electron chi connectivity index (χ0n) is 10.8. The van der Waals surface area contributed by atoms with Crippen molar-refractivity contribution >= 4 is 21.7 Å². The molecule has 0 aliphatic rings. The standard InChI is InChI=1S/C12H17NO5S/c1-9-5-3-6-10(11(9)12(14)15)13-19(16,17)8-4-7-18-2/h3,5-6,13H,4,7-8H2,1-2H3,(H,14,15). The van der Waals surface area contributed by atoms with Crippen LogP contribution in [0.15, 0.2) is 18.2 Å². The fourth-order valence-electron chi connectivity index (χ4n) is 1.65. The molecule has 2 N–H and O–H groups in total. The van der Waals surface area contributed by atoms with Crippen LogP contribution in [0.25, 0.3) is 0 Å². The predicted molar refractivity (Wildman–Crippen MR) is 72.0 cm³/mol. The Kier molecular flexibility index (Phi) is 5.31. The lowest BCUT2D eigenvalue weighted by molar-refractivity contribution is 0.0697. The van der Waals surface area contributed by atoms with Crippen LogP contribution in [0.4, 0.5) is 5.69 Å². The molecule has 0 bridgehead atoms. The summed E-state index contributed by atoms with van der Waals surface area (Å²) >= 11 is 0. The Labute approximate surface area is 112 Å². The molecule has 6 nitrogen and oxygen atoms in total. The molecular formula is C12H17NO5S. The molecule has 7 heteroatoms. The van der Waals surface area contributed by atoms with Gasteiger partial charge in [-0.05, 0) is 25.0 Å². The van der Waals surface area contributed by atoms with Gasteiger partial charge in [0.2, 0.25) is 10.0 Å². The minimum Gasteiger partial charge on any atom is -0.478 e. The van der Waals surface area contributed by atoms with Gasteiger partial charge in [0.15, 0.2) is 0 Å². The van der Waals surface area contributed by atoms with Crippen molar-refractivity contribution in [3.05, 3.63) is 29.3 Å². The van der Waals surface area contributed by atoms with Crippen LogP contribution in [0.1, 0.15) is 22.3 Å². The summed E-state index contributed by atoms with van der Waals surface area (Å²) in [4.78, 5) is 11.1. The highest BCUT2D eigenvalue weighted by atomic mass is 32.2. The lowest BCUT2D eigenvalue weighted by Crippen LogP contribution is -2.19. The van der Waals surface area contributed by atoms with Crippen molar-refractivity contribution < 1.29 is 23.1 Å². The predicted octanol–water partition coefficient (Wildman–Crippen LogP) is 1.47. The Morgan fingerprint density at radius 1 is 1.42 bits per heavy atom. The third-order valence-corrected chi connectivity index (χ3v) is 3.87. The van der Waals surface area contributed by atoms with E-state index < -0.39 is 16.0 Å². The first-order valence-corrected chi connectivity index (χ1v) is 7.35. The van der Waals surface area contributed by atoms with Gasteiger partial charge in [-0.3, -0.25) is 4.72 Å². The molecule has 0 saturated heterocycles. The van der Waals surface area contributed by atoms with Crippen molar-refractivity contribution in [2.24, 2.45) is 0 Å². The van der Waals surface area contributed by atoms with Crippen LogP contribution < -0.4 is 4.72 Å². The number of sulfonamides is 1. The molecule has 0 unspecified atom stereocenters. The number of rotatable bonds is 7. The van der Waals surface area contributed by atoms with E-state index in [9.17, 15) is 13.2 Å². The van der Waals surface area contributed by atoms with Crippen molar-refractivity contribution in [2.75, 3.05) is 24.2 Å². The van der Waals surface area contributed by atoms with Crippen LogP contribution in [0.5, 0.6) is 0 Å². The topological polar surface area (TPSA) is 92.7 Å². The first-order chi connectivity index (χ1) is 8.87. The second-order valence-corrected chi connectivity index (χ2v) is 5.91. The molecule has 1 aromatic carbocycles. The van der Waals surface area contributed by atoms with Gasteiger partial charge in [0.05, 0.1) is 17.0 Å². The summed E-state index contributed by atoms with van der Waals surface area (Å²) < 4.78 is 30.7. The van der Waals surface area contributed by atoms with E-state index in [1.807, 2.05) is 0 Å². The van der Waals surface area contributed by atoms with Gasteiger partial charge < -0.3 is 9.84 Å². The van der Waals surface area contributed by atoms with Gasteiger partial charge in [-0.1, -0.05) is 12.1 Å². The quantitative estimate of drug-likeness (QED) is 0.741. The molecule has 1 aromatic rings. The average Bonchev–Trinajstić information content (AvgIpc) is 2.27. The number of aryl methyl sites for hydroxylation is 1. The van der Waals surface area contributed by atoms with Crippen LogP contribution in [0.2, 0.25) is 0 Å². The van der Waals surface area contributed by atoms with E-state index in [0.717, 1.165) is 0 Å². The SMILES string of the molecule is COCCCS(=O)(=O)Nc1cccc(C)c1C(=O)O. The third kappa shape index (κ3) is 4.53. The fourth-order valence-corrected chi connectivity index (χ4v) is 2.75. The summed E-state index contributed by atoms with van der Waals surface area (Å²) in [5.74, 6) is -1.28. The molecule has 0 amide bonds. The Morgan fingerprint density at radius 2 is 2.11 bits per heavy atom. The number of carboxylic acid groups (broad SMARTS) is 1. The van der Waals surface area contributed by atoms with Crippen LogP contribution in [0, 0.1) is 6.92 Å². The maximum Gasteiger partial charge on any atom is 0.338 e. The monoisotopic (exact) mass is 287 g/mol. The number of carboxylic acids is 1. The highest BCUT2D eigenvalue weighted by molar-refractivity contribution is 7.92. The third-order valence-electron chi connectivity index (χ3n) is 2.51. The molecule has 19 heavy (non-hydrogen) atoms. The van der Waals surface area contributed by atoms with Crippen molar-refractivity contribution in [3.8, 4) is 0 Å². The zero-order valence-corrected chi connectivity index (χ0v) is 11.7. The molecule has 1 rings (SSSR count). The van der Waals surface area contributed by atoms with Crippen molar-refractivity contribution in [1.29, 1.82) is 0 Å². The van der Waals surface area contributed by atoms with Gasteiger partial charge in [0, 0.05) is 13.7 Å². The van der Waals surface area contributed by atoms with E-state index in [1.165, 1.54) is 13.2 Å². The number of aromatic carboxylic acids is 1. The van der Waals surface area contributed by atoms with Gasteiger partial charge in [0.25, 0.3) is 0 Å². The summed E-state index contributed by atoms with van der Waals surface area (Å²) in [5.41, 5.74) is 0.562. The Morgan fingerprint density at radius 3 is 2.68 bits per heavy atom. The number of benzene rings is 1. The number of nitrogens with one attached hydrogen (secondary N) is 1. The number of anilines is 1. The van der Waals surface area contributed by atoms with Crippen molar-refractivity contribution in [1.82, 2.24) is 0 Å². The largest absolute Gasteiger partial charge is 0.478 e. The summed E-state index contributed by atoms with van der Waals surface area (Å²) in [6, 6.07) is 4.66. The minimum atomic E-state index is -3.57. The first kappa shape index (κ1) is 15.5. The van der Waals surface area contributed by atoms with Gasteiger partial charge >= 0.3 is 5.97 Å². The molecule has 0 fully saturated rings. The van der Waals surface area contributed by atoms with Crippen LogP contribution in [-0.4, -0.2) is 39.0 Å². The van der Waals surface area contributed by atoms with Crippen LogP contribution in [0.3, 0.4) is 0 Å². The first-order valence-electron chi connectivity index (χ1n) is 5.69. The Bertz CT molecular complexity index is 553. The lowest BCUT2D eigenvalue weighted by atomic mass is 10.1. The lowest BCUT2D eigenvalue weighted by Gasteiger charge is -2.12. The van der Waals surface area contributed by atoms with Crippen molar-refractivity contribution in [3.63, 3.8) is 0 Å². The molecule has 106 valence electrons. The van der Waals surface area contributed by atoms with Gasteiger partial charge in [-0.15, -0.1) is 0 Å². The molecule has 0 radical (unpaired) electrons. The average molecular weight is 287 g/mol. The molecule has 0 aliphatic heterocycles. The normalized spacial score (nSPS) is 11.3. The van der Waals surface area contributed by atoms with Gasteiger partial charge in [-0.2, -0.15) is 0 Å². The molecular weight excluding hydrogens is 270 g/mol. The van der Waals surface area contributed by atoms with E-state index in [-0.39, 0.29) is 17.0 Å². The summed E-state index contributed by atoms with van der Waals surface area (Å²) in [6.07, 6.45) is 0.347. The molecule has 0 heterocycles. The number of hydrogen-bond donors (Lipinski definition) is 2. The van der Waals surface area contributed by atoms with Crippen LogP contribution >= 0.6 is 0 Å². The number of carbonyl (C=O) groups is 1. The maximum atomic E-state index is 11.8. The fraction of sp³-hybridized carbons (Fsp3) is 0.417. The van der Waals surface area contributed by atoms with E-state index in [4.69, 9.17) is 9.84 Å². The van der Waals surface area contributed by atoms with E-state index in [0.29, 0.717) is 18.6 Å². The summed E-state index contributed by atoms with van der Waals surface area (Å²) in [6.45, 7) is 1.95. The zero-order chi connectivity index (χ0) is 14.5. The maximum absolute atomic E-state index is 11.8. The van der Waals surface area contributed by atoms with E-state index >= 15 is 0 Å². The molecule has 0 atom stereocenters. The highest BCUT2D eigenvalue weighted by Gasteiger charge is 2.17. The Hall–Kier alpha value is -1.60. The summed E-state index contributed by atoms with van der Waals surface area (Å²) in [7, 11) is -2.08. The summed E-state index contributed by atoms with van der Waals surface area (Å²) in [5, 5.41) is 9.10. The Balaban J connectivity index is 2.93. The second-order valence-electron chi connectivity index (χ2n) is 4.07. The number of methoxy groups -OCH3 is 1. The smallest absolute Gasteiger partial charge is 0.338 e. The van der Waals surface area contributed by atoms with Gasteiger partial charge in [0.1, 0.15) is 0 Å². The molecule has 0 aromatic heterocycles. The van der Waals surface area contributed by atoms with E-state index in [1.54, 1.807) is 19.1 Å². The van der Waals surface area contributed by atoms with Gasteiger partial charge in [-0.25, -0.2) is 13.2 Å². The van der Waals surface area contributed by atoms with Crippen molar-refractivity contribution in [2.45, 2.75) is 13.3 Å². The second kappa shape index (κ2) is 6.53. The molecule has 0 spiro atoms. The highest BCUT2D eigenvalue weighted by Crippen LogP contribution is 2.20.